The van der Waals surface area contributed by atoms with Crippen LogP contribution >= 0.6 is 0 Å². The third-order valence-corrected chi connectivity index (χ3v) is 6.42. The van der Waals surface area contributed by atoms with Gasteiger partial charge < -0.3 is 10.2 Å². The molecule has 3 aromatic carbocycles. The smallest absolute Gasteiger partial charge is 0.228 e. The van der Waals surface area contributed by atoms with Gasteiger partial charge in [0.25, 0.3) is 0 Å². The van der Waals surface area contributed by atoms with E-state index in [9.17, 15) is 9.18 Å². The first kappa shape index (κ1) is 21.9. The Balaban J connectivity index is 1.29. The number of aryl methyl sites for hydroxylation is 1. The zero-order valence-electron chi connectivity index (χ0n) is 19.4. The van der Waals surface area contributed by atoms with Gasteiger partial charge in [0, 0.05) is 35.7 Å². The molecule has 0 unspecified atom stereocenters. The highest BCUT2D eigenvalue weighted by molar-refractivity contribution is 5.92. The van der Waals surface area contributed by atoms with Gasteiger partial charge in [0.1, 0.15) is 5.82 Å². The Morgan fingerprint density at radius 3 is 2.56 bits per heavy atom. The molecule has 1 aromatic heterocycles. The molecule has 4 aromatic rings. The number of fused-ring (bicyclic) bond motifs is 1. The third kappa shape index (κ3) is 4.44. The van der Waals surface area contributed by atoms with Crippen LogP contribution in [-0.2, 0) is 24.2 Å². The van der Waals surface area contributed by atoms with Gasteiger partial charge in [0.2, 0.25) is 5.91 Å². The number of amides is 1. The number of para-hydroxylation sites is 1. The minimum atomic E-state index is -0.301. The number of hydrogen-bond acceptors (Lipinski definition) is 3. The lowest BCUT2D eigenvalue weighted by Gasteiger charge is -2.20. The van der Waals surface area contributed by atoms with E-state index in [1.165, 1.54) is 28.9 Å². The third-order valence-electron chi connectivity index (χ3n) is 6.42. The van der Waals surface area contributed by atoms with Gasteiger partial charge in [-0.3, -0.25) is 4.79 Å². The van der Waals surface area contributed by atoms with Crippen molar-refractivity contribution < 1.29 is 9.18 Å². The number of hydrogen-bond donors (Lipinski definition) is 1. The second-order valence-corrected chi connectivity index (χ2v) is 8.76. The van der Waals surface area contributed by atoms with Gasteiger partial charge in [0.15, 0.2) is 0 Å². The summed E-state index contributed by atoms with van der Waals surface area (Å²) in [6.45, 7) is 5.92. The summed E-state index contributed by atoms with van der Waals surface area (Å²) < 4.78 is 15.1. The summed E-state index contributed by atoms with van der Waals surface area (Å²) in [5, 5.41) is 7.76. The first-order chi connectivity index (χ1) is 16.5. The number of carbonyl (C=O) groups is 1. The summed E-state index contributed by atoms with van der Waals surface area (Å²) in [6.07, 6.45) is 1.15. The Morgan fingerprint density at radius 1 is 1.03 bits per heavy atom. The number of benzene rings is 3. The summed E-state index contributed by atoms with van der Waals surface area (Å²) in [6, 6.07) is 22.3. The summed E-state index contributed by atoms with van der Waals surface area (Å²) >= 11 is 0. The Labute approximate surface area is 198 Å². The topological polar surface area (TPSA) is 50.2 Å². The molecule has 0 saturated heterocycles. The van der Waals surface area contributed by atoms with E-state index in [0.29, 0.717) is 0 Å². The molecule has 0 radical (unpaired) electrons. The van der Waals surface area contributed by atoms with E-state index in [1.54, 1.807) is 12.1 Å². The molecule has 0 saturated carbocycles. The SMILES string of the molecule is Cc1nn(-c2ccccc2)c(C)c1CN1CCc2cc(NC(=O)Cc3ccc(F)cc3)ccc21. The van der Waals surface area contributed by atoms with Crippen molar-refractivity contribution in [3.63, 3.8) is 0 Å². The van der Waals surface area contributed by atoms with Gasteiger partial charge in [-0.25, -0.2) is 9.07 Å². The van der Waals surface area contributed by atoms with Crippen LogP contribution in [0.15, 0.2) is 72.8 Å². The van der Waals surface area contributed by atoms with Gasteiger partial charge in [-0.2, -0.15) is 5.10 Å². The van der Waals surface area contributed by atoms with E-state index in [1.807, 2.05) is 28.9 Å². The average molecular weight is 455 g/mol. The molecule has 0 spiro atoms. The van der Waals surface area contributed by atoms with Crippen LogP contribution in [0.3, 0.4) is 0 Å². The fourth-order valence-electron chi connectivity index (χ4n) is 4.62. The highest BCUT2D eigenvalue weighted by Crippen LogP contribution is 2.33. The fraction of sp³-hybridized carbons (Fsp3) is 0.214. The zero-order valence-corrected chi connectivity index (χ0v) is 19.4. The number of carbonyl (C=O) groups excluding carboxylic acids is 1. The van der Waals surface area contributed by atoms with Crippen molar-refractivity contribution in [2.75, 3.05) is 16.8 Å². The van der Waals surface area contributed by atoms with Crippen molar-refractivity contribution in [1.82, 2.24) is 9.78 Å². The summed E-state index contributed by atoms with van der Waals surface area (Å²) in [7, 11) is 0. The number of aromatic nitrogens is 2. The molecule has 172 valence electrons. The molecule has 6 heteroatoms. The molecule has 0 bridgehead atoms. The normalized spacial score (nSPS) is 12.6. The van der Waals surface area contributed by atoms with Crippen LogP contribution in [0.2, 0.25) is 0 Å². The van der Waals surface area contributed by atoms with Crippen molar-refractivity contribution in [2.45, 2.75) is 33.2 Å². The summed E-state index contributed by atoms with van der Waals surface area (Å²) in [5.41, 5.74) is 8.50. The molecular weight excluding hydrogens is 427 g/mol. The van der Waals surface area contributed by atoms with E-state index < -0.39 is 0 Å². The molecule has 5 rings (SSSR count). The van der Waals surface area contributed by atoms with Gasteiger partial charge in [-0.15, -0.1) is 0 Å². The molecule has 1 N–H and O–H groups in total. The van der Waals surface area contributed by atoms with Crippen LogP contribution in [0.25, 0.3) is 5.69 Å². The molecule has 1 amide bonds. The van der Waals surface area contributed by atoms with Crippen molar-refractivity contribution in [3.05, 3.63) is 107 Å². The number of nitrogens with one attached hydrogen (secondary N) is 1. The maximum absolute atomic E-state index is 13.1. The van der Waals surface area contributed by atoms with Crippen LogP contribution in [-0.4, -0.2) is 22.2 Å². The van der Waals surface area contributed by atoms with Gasteiger partial charge >= 0.3 is 0 Å². The number of anilines is 2. The van der Waals surface area contributed by atoms with Gasteiger partial charge in [-0.05, 0) is 73.9 Å². The van der Waals surface area contributed by atoms with Crippen LogP contribution in [0.1, 0.15) is 28.1 Å². The molecule has 0 fully saturated rings. The monoisotopic (exact) mass is 454 g/mol. The lowest BCUT2D eigenvalue weighted by molar-refractivity contribution is -0.115. The number of nitrogens with zero attached hydrogens (tertiary/aromatic N) is 3. The second-order valence-electron chi connectivity index (χ2n) is 8.76. The summed E-state index contributed by atoms with van der Waals surface area (Å²) in [5.74, 6) is -0.411. The second kappa shape index (κ2) is 9.14. The molecule has 2 heterocycles. The van der Waals surface area contributed by atoms with Crippen LogP contribution in [0.5, 0.6) is 0 Å². The predicted molar refractivity (Wildman–Crippen MR) is 133 cm³/mol. The number of rotatable bonds is 6. The van der Waals surface area contributed by atoms with E-state index in [0.717, 1.165) is 47.8 Å². The van der Waals surface area contributed by atoms with E-state index in [4.69, 9.17) is 5.10 Å². The molecular formula is C28H27FN4O. The van der Waals surface area contributed by atoms with Gasteiger partial charge in [0.05, 0.1) is 17.8 Å². The Bertz CT molecular complexity index is 1330. The predicted octanol–water partition coefficient (Wildman–Crippen LogP) is 5.37. The largest absolute Gasteiger partial charge is 0.367 e. The molecule has 5 nitrogen and oxygen atoms in total. The standard InChI is InChI=1S/C28H27FN4O/c1-19-26(20(2)33(31-19)25-6-4-3-5-7-25)18-32-15-14-22-17-24(12-13-27(22)32)30-28(34)16-21-8-10-23(29)11-9-21/h3-13,17H,14-16,18H2,1-2H3,(H,30,34). The zero-order chi connectivity index (χ0) is 23.7. The summed E-state index contributed by atoms with van der Waals surface area (Å²) in [4.78, 5) is 14.8. The van der Waals surface area contributed by atoms with Crippen molar-refractivity contribution in [1.29, 1.82) is 0 Å². The maximum atomic E-state index is 13.1. The maximum Gasteiger partial charge on any atom is 0.228 e. The first-order valence-electron chi connectivity index (χ1n) is 11.5. The van der Waals surface area contributed by atoms with E-state index in [-0.39, 0.29) is 18.1 Å². The number of halogens is 1. The molecule has 0 atom stereocenters. The molecule has 0 aliphatic carbocycles. The van der Waals surface area contributed by atoms with Crippen LogP contribution in [0.4, 0.5) is 15.8 Å². The van der Waals surface area contributed by atoms with Crippen molar-refractivity contribution in [3.8, 4) is 5.69 Å². The quantitative estimate of drug-likeness (QED) is 0.426. The van der Waals surface area contributed by atoms with E-state index >= 15 is 0 Å². The average Bonchev–Trinajstić information content (AvgIpc) is 3.36. The first-order valence-corrected chi connectivity index (χ1v) is 11.5. The van der Waals surface area contributed by atoms with Crippen molar-refractivity contribution in [2.24, 2.45) is 0 Å². The van der Waals surface area contributed by atoms with Crippen LogP contribution < -0.4 is 10.2 Å². The molecule has 1 aliphatic rings. The van der Waals surface area contributed by atoms with Gasteiger partial charge in [-0.1, -0.05) is 30.3 Å². The lowest BCUT2D eigenvalue weighted by Crippen LogP contribution is -2.20. The minimum Gasteiger partial charge on any atom is -0.367 e. The van der Waals surface area contributed by atoms with E-state index in [2.05, 4.69) is 48.3 Å². The Morgan fingerprint density at radius 2 is 1.79 bits per heavy atom. The molecule has 34 heavy (non-hydrogen) atoms. The lowest BCUT2D eigenvalue weighted by atomic mass is 10.1. The highest BCUT2D eigenvalue weighted by atomic mass is 19.1. The molecule has 1 aliphatic heterocycles. The fourth-order valence-corrected chi connectivity index (χ4v) is 4.62. The highest BCUT2D eigenvalue weighted by Gasteiger charge is 2.23. The minimum absolute atomic E-state index is 0.110. The Kier molecular flexibility index (Phi) is 5.88. The van der Waals surface area contributed by atoms with Crippen molar-refractivity contribution >= 4 is 17.3 Å². The Hall–Kier alpha value is -3.93. The van der Waals surface area contributed by atoms with Crippen LogP contribution in [0, 0.1) is 19.7 Å².